The van der Waals surface area contributed by atoms with Gasteiger partial charge in [-0.1, -0.05) is 95.6 Å². The van der Waals surface area contributed by atoms with Crippen LogP contribution in [-0.4, -0.2) is 27.9 Å². The van der Waals surface area contributed by atoms with E-state index in [1.807, 2.05) is 59.2 Å². The summed E-state index contributed by atoms with van der Waals surface area (Å²) >= 11 is 14.5. The number of amides is 2. The van der Waals surface area contributed by atoms with Gasteiger partial charge in [-0.25, -0.2) is 4.79 Å². The van der Waals surface area contributed by atoms with E-state index in [2.05, 4.69) is 33.0 Å². The van der Waals surface area contributed by atoms with Crippen molar-refractivity contribution in [2.24, 2.45) is 0 Å². The Bertz CT molecular complexity index is 1600. The van der Waals surface area contributed by atoms with Crippen molar-refractivity contribution >= 4 is 46.7 Å². The number of rotatable bonds is 10. The molecular weight excluding hydrogens is 577 g/mol. The van der Waals surface area contributed by atoms with Crippen LogP contribution in [0, 0.1) is 0 Å². The summed E-state index contributed by atoms with van der Waals surface area (Å²) in [7, 11) is 1.60. The number of anilines is 1. The molecule has 0 aliphatic carbocycles. The van der Waals surface area contributed by atoms with E-state index in [1.165, 1.54) is 11.8 Å². The first kappa shape index (κ1) is 28.5. The Hall–Kier alpha value is -3.98. The SMILES string of the molecule is COc1ccc(NC(=O)NC(Cc2ccccc2)c2nnc(SCc3ccccc3)n2-c2ccc(Cl)cc2Cl)cc1. The van der Waals surface area contributed by atoms with Gasteiger partial charge in [-0.3, -0.25) is 4.57 Å². The third-order valence-corrected chi connectivity index (χ3v) is 7.81. The molecule has 1 unspecified atom stereocenters. The molecule has 0 spiro atoms. The van der Waals surface area contributed by atoms with Crippen LogP contribution in [0.2, 0.25) is 10.0 Å². The van der Waals surface area contributed by atoms with Gasteiger partial charge in [0, 0.05) is 22.9 Å². The van der Waals surface area contributed by atoms with Crippen molar-refractivity contribution in [3.05, 3.63) is 130 Å². The summed E-state index contributed by atoms with van der Waals surface area (Å²) in [5, 5.41) is 16.7. The van der Waals surface area contributed by atoms with E-state index in [1.54, 1.807) is 43.5 Å². The molecule has 0 fully saturated rings. The number of nitrogens with zero attached hydrogens (tertiary/aromatic N) is 3. The molecule has 0 saturated heterocycles. The Labute approximate surface area is 252 Å². The van der Waals surface area contributed by atoms with Crippen molar-refractivity contribution in [2.75, 3.05) is 12.4 Å². The van der Waals surface area contributed by atoms with Gasteiger partial charge in [-0.05, 0) is 53.6 Å². The van der Waals surface area contributed by atoms with Gasteiger partial charge in [0.25, 0.3) is 0 Å². The molecule has 2 N–H and O–H groups in total. The number of urea groups is 1. The maximum atomic E-state index is 13.3. The van der Waals surface area contributed by atoms with Gasteiger partial charge in [0.05, 0.1) is 23.9 Å². The summed E-state index contributed by atoms with van der Waals surface area (Å²) in [6.45, 7) is 0. The van der Waals surface area contributed by atoms with E-state index < -0.39 is 6.04 Å². The minimum Gasteiger partial charge on any atom is -0.497 e. The van der Waals surface area contributed by atoms with Gasteiger partial charge in [0.15, 0.2) is 11.0 Å². The highest BCUT2D eigenvalue weighted by Gasteiger charge is 2.26. The number of aromatic nitrogens is 3. The van der Waals surface area contributed by atoms with Gasteiger partial charge in [0.2, 0.25) is 0 Å². The standard InChI is InChI=1S/C31H27Cl2N5O2S/c1-40-25-15-13-24(14-16-25)34-30(39)35-27(18-21-8-4-2-5-9-21)29-36-37-31(41-20-22-10-6-3-7-11-22)38(29)28-17-12-23(32)19-26(28)33/h2-17,19,27H,18,20H2,1H3,(H2,34,35,39). The van der Waals surface area contributed by atoms with Crippen LogP contribution in [0.25, 0.3) is 5.69 Å². The molecule has 1 atom stereocenters. The molecule has 7 nitrogen and oxygen atoms in total. The van der Waals surface area contributed by atoms with E-state index in [-0.39, 0.29) is 6.03 Å². The number of nitrogens with one attached hydrogen (secondary N) is 2. The quantitative estimate of drug-likeness (QED) is 0.158. The topological polar surface area (TPSA) is 81.1 Å². The van der Waals surface area contributed by atoms with Gasteiger partial charge in [-0.2, -0.15) is 0 Å². The maximum Gasteiger partial charge on any atom is 0.319 e. The van der Waals surface area contributed by atoms with Crippen LogP contribution >= 0.6 is 35.0 Å². The first-order chi connectivity index (χ1) is 20.0. The average Bonchev–Trinajstić information content (AvgIpc) is 3.41. The highest BCUT2D eigenvalue weighted by atomic mass is 35.5. The zero-order valence-corrected chi connectivity index (χ0v) is 24.5. The highest BCUT2D eigenvalue weighted by molar-refractivity contribution is 7.98. The van der Waals surface area contributed by atoms with Crippen LogP contribution in [0.4, 0.5) is 10.5 Å². The van der Waals surface area contributed by atoms with Crippen LogP contribution < -0.4 is 15.4 Å². The summed E-state index contributed by atoms with van der Waals surface area (Å²) in [6.07, 6.45) is 0.476. The average molecular weight is 605 g/mol. The van der Waals surface area contributed by atoms with Crippen LogP contribution in [-0.2, 0) is 12.2 Å². The number of carbonyl (C=O) groups excluding carboxylic acids is 1. The fraction of sp³-hybridized carbons (Fsp3) is 0.129. The summed E-state index contributed by atoms with van der Waals surface area (Å²) in [5.74, 6) is 1.92. The molecule has 208 valence electrons. The van der Waals surface area contributed by atoms with Gasteiger partial charge >= 0.3 is 6.03 Å². The van der Waals surface area contributed by atoms with Crippen LogP contribution in [0.1, 0.15) is 23.0 Å². The number of methoxy groups -OCH3 is 1. The fourth-order valence-electron chi connectivity index (χ4n) is 4.27. The molecule has 5 rings (SSSR count). The lowest BCUT2D eigenvalue weighted by Crippen LogP contribution is -2.35. The normalized spacial score (nSPS) is 11.6. The predicted molar refractivity (Wildman–Crippen MR) is 165 cm³/mol. The van der Waals surface area contributed by atoms with Crippen LogP contribution in [0.15, 0.2) is 108 Å². The smallest absolute Gasteiger partial charge is 0.319 e. The number of hydrogen-bond acceptors (Lipinski definition) is 5. The van der Waals surface area contributed by atoms with Crippen molar-refractivity contribution in [3.63, 3.8) is 0 Å². The molecule has 10 heteroatoms. The Morgan fingerprint density at radius 2 is 1.59 bits per heavy atom. The van der Waals surface area contributed by atoms with E-state index in [0.717, 1.165) is 11.1 Å². The highest BCUT2D eigenvalue weighted by Crippen LogP contribution is 2.33. The lowest BCUT2D eigenvalue weighted by atomic mass is 10.1. The summed E-state index contributed by atoms with van der Waals surface area (Å²) in [4.78, 5) is 13.3. The second kappa shape index (κ2) is 13.6. The molecule has 0 saturated carbocycles. The summed E-state index contributed by atoms with van der Waals surface area (Å²) in [6, 6.07) is 31.5. The minimum atomic E-state index is -0.541. The Kier molecular flexibility index (Phi) is 9.46. The number of benzene rings is 4. The molecular formula is C31H27Cl2N5O2S. The minimum absolute atomic E-state index is 0.383. The summed E-state index contributed by atoms with van der Waals surface area (Å²) in [5.41, 5.74) is 3.47. The molecule has 0 aliphatic heterocycles. The Morgan fingerprint density at radius 1 is 0.902 bits per heavy atom. The molecule has 1 aromatic heterocycles. The monoisotopic (exact) mass is 603 g/mol. The third kappa shape index (κ3) is 7.41. The van der Waals surface area contributed by atoms with Gasteiger partial charge in [-0.15, -0.1) is 10.2 Å². The predicted octanol–water partition coefficient (Wildman–Crippen LogP) is 7.98. The van der Waals surface area contributed by atoms with Gasteiger partial charge in [0.1, 0.15) is 5.75 Å². The van der Waals surface area contributed by atoms with Crippen molar-refractivity contribution < 1.29 is 9.53 Å². The molecule has 4 aromatic carbocycles. The molecule has 0 aliphatic rings. The van der Waals surface area contributed by atoms with Crippen molar-refractivity contribution in [1.29, 1.82) is 0 Å². The lowest BCUT2D eigenvalue weighted by molar-refractivity contribution is 0.247. The van der Waals surface area contributed by atoms with E-state index >= 15 is 0 Å². The lowest BCUT2D eigenvalue weighted by Gasteiger charge is -2.21. The van der Waals surface area contributed by atoms with Crippen LogP contribution in [0.3, 0.4) is 0 Å². The van der Waals surface area contributed by atoms with E-state index in [4.69, 9.17) is 27.9 Å². The molecule has 41 heavy (non-hydrogen) atoms. The van der Waals surface area contributed by atoms with Crippen LogP contribution in [0.5, 0.6) is 5.75 Å². The third-order valence-electron chi connectivity index (χ3n) is 6.27. The first-order valence-electron chi connectivity index (χ1n) is 12.8. The number of thioether (sulfide) groups is 1. The van der Waals surface area contributed by atoms with Gasteiger partial charge < -0.3 is 15.4 Å². The molecule has 2 amide bonds. The van der Waals surface area contributed by atoms with E-state index in [0.29, 0.717) is 50.3 Å². The maximum absolute atomic E-state index is 13.3. The largest absolute Gasteiger partial charge is 0.497 e. The van der Waals surface area contributed by atoms with Crippen molar-refractivity contribution in [1.82, 2.24) is 20.1 Å². The first-order valence-corrected chi connectivity index (χ1v) is 14.6. The molecule has 0 bridgehead atoms. The molecule has 5 aromatic rings. The number of halogens is 2. The Balaban J connectivity index is 1.50. The number of hydrogen-bond donors (Lipinski definition) is 2. The second-order valence-electron chi connectivity index (χ2n) is 9.12. The van der Waals surface area contributed by atoms with E-state index in [9.17, 15) is 4.79 Å². The number of ether oxygens (including phenoxy) is 1. The fourth-order valence-corrected chi connectivity index (χ4v) is 5.67. The zero-order valence-electron chi connectivity index (χ0n) is 22.1. The number of carbonyl (C=O) groups is 1. The second-order valence-corrected chi connectivity index (χ2v) is 10.9. The zero-order chi connectivity index (χ0) is 28.6. The summed E-state index contributed by atoms with van der Waals surface area (Å²) < 4.78 is 7.11. The van der Waals surface area contributed by atoms with Crippen molar-refractivity contribution in [3.8, 4) is 11.4 Å². The Morgan fingerprint density at radius 3 is 2.24 bits per heavy atom. The molecule has 0 radical (unpaired) electrons. The van der Waals surface area contributed by atoms with Crippen molar-refractivity contribution in [2.45, 2.75) is 23.4 Å². The molecule has 1 heterocycles.